The van der Waals surface area contributed by atoms with Crippen LogP contribution in [0.15, 0.2) is 34.9 Å². The highest BCUT2D eigenvalue weighted by Crippen LogP contribution is 2.23. The van der Waals surface area contributed by atoms with Gasteiger partial charge in [0.05, 0.1) is 24.2 Å². The van der Waals surface area contributed by atoms with Crippen LogP contribution in [0.25, 0.3) is 0 Å². The van der Waals surface area contributed by atoms with Gasteiger partial charge in [-0.1, -0.05) is 0 Å². The summed E-state index contributed by atoms with van der Waals surface area (Å²) in [6, 6.07) is 8.45. The van der Waals surface area contributed by atoms with Crippen molar-refractivity contribution in [3.63, 3.8) is 0 Å². The molecule has 0 radical (unpaired) electrons. The molecule has 0 unspecified atom stereocenters. The molecule has 104 valence electrons. The Balaban J connectivity index is 2.24. The summed E-state index contributed by atoms with van der Waals surface area (Å²) in [5.74, 6) is 0.235. The minimum Gasteiger partial charge on any atom is -0.495 e. The highest BCUT2D eigenvalue weighted by molar-refractivity contribution is 9.10. The number of ether oxygens (including phenoxy) is 1. The number of nitrogens with two attached hydrogens (primary N) is 1. The highest BCUT2D eigenvalue weighted by Gasteiger charge is 2.11. The molecule has 0 aliphatic rings. The Bertz CT molecular complexity index is 659. The maximum atomic E-state index is 12.2. The smallest absolute Gasteiger partial charge is 0.255 e. The number of aromatic nitrogens is 1. The largest absolute Gasteiger partial charge is 0.495 e. The Morgan fingerprint density at radius 1 is 1.35 bits per heavy atom. The zero-order valence-electron chi connectivity index (χ0n) is 11.1. The van der Waals surface area contributed by atoms with Gasteiger partial charge in [-0.15, -0.1) is 0 Å². The number of anilines is 2. The fourth-order valence-corrected chi connectivity index (χ4v) is 2.11. The van der Waals surface area contributed by atoms with Crippen molar-refractivity contribution in [2.45, 2.75) is 6.92 Å². The average Bonchev–Trinajstić information content (AvgIpc) is 2.42. The van der Waals surface area contributed by atoms with Crippen molar-refractivity contribution in [1.82, 2.24) is 4.98 Å². The molecule has 1 aromatic heterocycles. The van der Waals surface area contributed by atoms with Gasteiger partial charge < -0.3 is 15.8 Å². The van der Waals surface area contributed by atoms with Crippen LogP contribution in [0.2, 0.25) is 0 Å². The predicted octanol–water partition coefficient (Wildman–Crippen LogP) is 3.00. The van der Waals surface area contributed by atoms with Crippen molar-refractivity contribution in [1.29, 1.82) is 0 Å². The first-order chi connectivity index (χ1) is 9.51. The van der Waals surface area contributed by atoms with E-state index in [1.54, 1.807) is 30.3 Å². The van der Waals surface area contributed by atoms with Crippen LogP contribution >= 0.6 is 15.9 Å². The molecule has 0 saturated carbocycles. The topological polar surface area (TPSA) is 77.2 Å². The van der Waals surface area contributed by atoms with Gasteiger partial charge in [-0.05, 0) is 53.2 Å². The first-order valence-corrected chi connectivity index (χ1v) is 6.68. The number of methoxy groups -OCH3 is 1. The fraction of sp³-hybridized carbons (Fsp3) is 0.143. The maximum absolute atomic E-state index is 12.2. The number of rotatable bonds is 3. The van der Waals surface area contributed by atoms with Crippen molar-refractivity contribution < 1.29 is 9.53 Å². The lowest BCUT2D eigenvalue weighted by Crippen LogP contribution is -2.13. The molecular weight excluding hydrogens is 322 g/mol. The number of hydrogen-bond donors (Lipinski definition) is 2. The summed E-state index contributed by atoms with van der Waals surface area (Å²) in [7, 11) is 1.51. The van der Waals surface area contributed by atoms with Crippen molar-refractivity contribution >= 4 is 33.2 Å². The number of amides is 1. The molecular formula is C14H14BrN3O2. The Morgan fingerprint density at radius 2 is 2.10 bits per heavy atom. The Hall–Kier alpha value is -2.08. The summed E-state index contributed by atoms with van der Waals surface area (Å²) < 4.78 is 5.83. The number of hydrogen-bond acceptors (Lipinski definition) is 4. The molecule has 1 amide bonds. The number of carbonyl (C=O) groups is 1. The lowest BCUT2D eigenvalue weighted by atomic mass is 10.1. The maximum Gasteiger partial charge on any atom is 0.255 e. The normalized spacial score (nSPS) is 10.2. The van der Waals surface area contributed by atoms with Crippen molar-refractivity contribution in [2.75, 3.05) is 18.2 Å². The van der Waals surface area contributed by atoms with Crippen LogP contribution in [-0.2, 0) is 0 Å². The quantitative estimate of drug-likeness (QED) is 0.667. The van der Waals surface area contributed by atoms with E-state index in [1.165, 1.54) is 7.11 Å². The third-order valence-corrected chi connectivity index (χ3v) is 3.24. The minimum absolute atomic E-state index is 0.240. The first kappa shape index (κ1) is 14.3. The SMILES string of the molecule is COc1cc(C(=O)Nc2ccc(Br)nc2C)ccc1N. The van der Waals surface area contributed by atoms with Gasteiger partial charge in [0, 0.05) is 5.56 Å². The van der Waals surface area contributed by atoms with Gasteiger partial charge in [-0.3, -0.25) is 4.79 Å². The Morgan fingerprint density at radius 3 is 2.75 bits per heavy atom. The van der Waals surface area contributed by atoms with E-state index in [2.05, 4.69) is 26.2 Å². The number of pyridine rings is 1. The van der Waals surface area contributed by atoms with Gasteiger partial charge in [0.15, 0.2) is 0 Å². The number of nitrogens with one attached hydrogen (secondary N) is 1. The zero-order chi connectivity index (χ0) is 14.7. The summed E-state index contributed by atoms with van der Waals surface area (Å²) in [5, 5.41) is 2.81. The molecule has 1 heterocycles. The molecule has 2 aromatic rings. The van der Waals surface area contributed by atoms with E-state index >= 15 is 0 Å². The van der Waals surface area contributed by atoms with E-state index in [4.69, 9.17) is 10.5 Å². The molecule has 6 heteroatoms. The molecule has 0 aliphatic heterocycles. The van der Waals surface area contributed by atoms with Gasteiger partial charge in [-0.25, -0.2) is 4.98 Å². The Kier molecular flexibility index (Phi) is 4.24. The van der Waals surface area contributed by atoms with Crippen LogP contribution in [0.5, 0.6) is 5.75 Å². The Labute approximate surface area is 125 Å². The van der Waals surface area contributed by atoms with Gasteiger partial charge in [0.2, 0.25) is 0 Å². The molecule has 3 N–H and O–H groups in total. The van der Waals surface area contributed by atoms with Crippen LogP contribution < -0.4 is 15.8 Å². The van der Waals surface area contributed by atoms with Gasteiger partial charge in [0.1, 0.15) is 10.4 Å². The molecule has 0 atom stereocenters. The lowest BCUT2D eigenvalue weighted by molar-refractivity contribution is 0.102. The van der Waals surface area contributed by atoms with Crippen molar-refractivity contribution in [3.8, 4) is 5.75 Å². The number of benzene rings is 1. The summed E-state index contributed by atoms with van der Waals surface area (Å²) in [4.78, 5) is 16.4. The summed E-state index contributed by atoms with van der Waals surface area (Å²) in [6.45, 7) is 1.82. The molecule has 0 spiro atoms. The summed E-state index contributed by atoms with van der Waals surface area (Å²) in [5.41, 5.74) is 8.08. The van der Waals surface area contributed by atoms with Crippen LogP contribution in [0.3, 0.4) is 0 Å². The monoisotopic (exact) mass is 335 g/mol. The predicted molar refractivity (Wildman–Crippen MR) is 82.0 cm³/mol. The fourth-order valence-electron chi connectivity index (χ4n) is 1.71. The molecule has 0 saturated heterocycles. The van der Waals surface area contributed by atoms with Gasteiger partial charge in [0.25, 0.3) is 5.91 Å². The van der Waals surface area contributed by atoms with Crippen molar-refractivity contribution in [2.24, 2.45) is 0 Å². The van der Waals surface area contributed by atoms with E-state index < -0.39 is 0 Å². The van der Waals surface area contributed by atoms with E-state index in [9.17, 15) is 4.79 Å². The number of nitrogens with zero attached hydrogens (tertiary/aromatic N) is 1. The molecule has 0 aliphatic carbocycles. The van der Waals surface area contributed by atoms with E-state index in [0.717, 1.165) is 10.3 Å². The number of aryl methyl sites for hydroxylation is 1. The van der Waals surface area contributed by atoms with E-state index in [0.29, 0.717) is 22.7 Å². The number of carbonyl (C=O) groups excluding carboxylic acids is 1. The molecule has 0 fully saturated rings. The third-order valence-electron chi connectivity index (χ3n) is 2.80. The average molecular weight is 336 g/mol. The van der Waals surface area contributed by atoms with Gasteiger partial charge in [-0.2, -0.15) is 0 Å². The van der Waals surface area contributed by atoms with E-state index in [-0.39, 0.29) is 5.91 Å². The second-order valence-electron chi connectivity index (χ2n) is 4.18. The number of nitrogen functional groups attached to an aromatic ring is 1. The minimum atomic E-state index is -0.240. The first-order valence-electron chi connectivity index (χ1n) is 5.89. The van der Waals surface area contributed by atoms with Crippen LogP contribution in [-0.4, -0.2) is 18.0 Å². The third kappa shape index (κ3) is 3.08. The number of halogens is 1. The van der Waals surface area contributed by atoms with Crippen LogP contribution in [0.4, 0.5) is 11.4 Å². The standard InChI is InChI=1S/C14H14BrN3O2/c1-8-11(5-6-13(15)17-8)18-14(19)9-3-4-10(16)12(7-9)20-2/h3-7H,16H2,1-2H3,(H,18,19). The highest BCUT2D eigenvalue weighted by atomic mass is 79.9. The molecule has 5 nitrogen and oxygen atoms in total. The van der Waals surface area contributed by atoms with Crippen molar-refractivity contribution in [3.05, 3.63) is 46.2 Å². The second-order valence-corrected chi connectivity index (χ2v) is 4.99. The molecule has 2 rings (SSSR count). The summed E-state index contributed by atoms with van der Waals surface area (Å²) in [6.07, 6.45) is 0. The molecule has 20 heavy (non-hydrogen) atoms. The van der Waals surface area contributed by atoms with Gasteiger partial charge >= 0.3 is 0 Å². The van der Waals surface area contributed by atoms with Crippen LogP contribution in [0.1, 0.15) is 16.1 Å². The second kappa shape index (κ2) is 5.92. The lowest BCUT2D eigenvalue weighted by Gasteiger charge is -2.10. The van der Waals surface area contributed by atoms with Crippen LogP contribution in [0, 0.1) is 6.92 Å². The zero-order valence-corrected chi connectivity index (χ0v) is 12.7. The van der Waals surface area contributed by atoms with E-state index in [1.807, 2.05) is 6.92 Å². The summed E-state index contributed by atoms with van der Waals surface area (Å²) >= 11 is 3.28. The molecule has 0 bridgehead atoms. The molecule has 1 aromatic carbocycles.